The predicted octanol–water partition coefficient (Wildman–Crippen LogP) is -0.682. The minimum atomic E-state index is -4.51. The van der Waals surface area contributed by atoms with E-state index >= 15 is 0 Å². The van der Waals surface area contributed by atoms with Crippen molar-refractivity contribution in [1.82, 2.24) is 4.86 Å². The molecule has 6 nitrogen and oxygen atoms in total. The second kappa shape index (κ2) is 2.64. The minimum absolute atomic E-state index is 1.11. The molecule has 1 radical (unpaired) electrons. The summed E-state index contributed by atoms with van der Waals surface area (Å²) in [6.07, 6.45) is 0. The summed E-state index contributed by atoms with van der Waals surface area (Å²) in [6.45, 7) is 0. The molecule has 8 heavy (non-hydrogen) atoms. The molecule has 0 aromatic carbocycles. The van der Waals surface area contributed by atoms with Crippen LogP contribution in [0, 0.1) is 0 Å². The molecule has 0 fully saturated rings. The van der Waals surface area contributed by atoms with Crippen molar-refractivity contribution >= 4 is 15.9 Å². The highest BCUT2D eigenvalue weighted by molar-refractivity contribution is 7.60. The molecule has 0 aliphatic carbocycles. The van der Waals surface area contributed by atoms with Gasteiger partial charge >= 0.3 is 15.9 Å². The summed E-state index contributed by atoms with van der Waals surface area (Å²) in [4.78, 5) is 24.6. The number of rotatable bonds is 2. The van der Waals surface area contributed by atoms with E-state index in [1.165, 1.54) is 0 Å². The van der Waals surface area contributed by atoms with E-state index in [9.17, 15) is 9.13 Å². The topological polar surface area (TPSA) is 107 Å². The van der Waals surface area contributed by atoms with Crippen molar-refractivity contribution in [3.8, 4) is 0 Å². The van der Waals surface area contributed by atoms with Crippen molar-refractivity contribution in [2.75, 3.05) is 0 Å². The van der Waals surface area contributed by atoms with Gasteiger partial charge in [0.25, 0.3) is 0 Å². The van der Waals surface area contributed by atoms with E-state index in [1.54, 1.807) is 0 Å². The quantitative estimate of drug-likeness (QED) is 0.398. The molecule has 0 saturated heterocycles. The van der Waals surface area contributed by atoms with Crippen molar-refractivity contribution in [1.29, 1.82) is 0 Å². The van der Waals surface area contributed by atoms with Gasteiger partial charge in [0.15, 0.2) is 0 Å². The molecule has 0 amide bonds. The fraction of sp³-hybridized carbons (Fsp3) is 0. The molecule has 0 aliphatic heterocycles. The molecule has 0 aliphatic rings. The summed E-state index contributed by atoms with van der Waals surface area (Å²) < 4.78 is 19.2. The van der Waals surface area contributed by atoms with E-state index in [0.29, 0.717) is 0 Å². The van der Waals surface area contributed by atoms with Crippen LogP contribution in [0.4, 0.5) is 0 Å². The van der Waals surface area contributed by atoms with Crippen molar-refractivity contribution in [3.63, 3.8) is 0 Å². The van der Waals surface area contributed by atoms with Crippen molar-refractivity contribution < 1.29 is 23.8 Å². The van der Waals surface area contributed by atoms with Crippen LogP contribution in [0.1, 0.15) is 0 Å². The highest BCUT2D eigenvalue weighted by Gasteiger charge is 2.14. The molecular formula is H4NO5P2. The average molecular weight is 160 g/mol. The first-order chi connectivity index (χ1) is 3.42. The Hall–Kier alpha value is 0.170. The van der Waals surface area contributed by atoms with Crippen LogP contribution in [0.2, 0.25) is 0 Å². The lowest BCUT2D eigenvalue weighted by atomic mass is 13.9. The van der Waals surface area contributed by atoms with Crippen LogP contribution < -0.4 is 4.86 Å². The van der Waals surface area contributed by atoms with Crippen molar-refractivity contribution in [2.24, 2.45) is 0 Å². The molecule has 0 spiro atoms. The largest absolute Gasteiger partial charge is 0.411 e. The molecule has 0 bridgehead atoms. The molecular weight excluding hydrogens is 156 g/mol. The molecule has 49 valence electrons. The van der Waals surface area contributed by atoms with E-state index in [0.717, 1.165) is 4.86 Å². The summed E-state index contributed by atoms with van der Waals surface area (Å²) in [6, 6.07) is 0. The maximum Gasteiger partial charge on any atom is 0.411 e. The van der Waals surface area contributed by atoms with Gasteiger partial charge in [-0.05, 0) is 0 Å². The lowest BCUT2D eigenvalue weighted by molar-refractivity contribution is 0.365. The van der Waals surface area contributed by atoms with Gasteiger partial charge in [0.1, 0.15) is 0 Å². The second-order valence-corrected chi connectivity index (χ2v) is 3.35. The van der Waals surface area contributed by atoms with Gasteiger partial charge in [-0.25, -0.2) is 9.13 Å². The summed E-state index contributed by atoms with van der Waals surface area (Å²) in [5.41, 5.74) is 0. The first-order valence-corrected chi connectivity index (χ1v) is 4.24. The Bertz CT molecular complexity index is 133. The van der Waals surface area contributed by atoms with Crippen LogP contribution >= 0.6 is 15.9 Å². The third-order valence-corrected chi connectivity index (χ3v) is 1.94. The molecule has 8 heteroatoms. The molecule has 0 saturated carbocycles. The molecule has 0 aromatic rings. The van der Waals surface area contributed by atoms with Gasteiger partial charge in [-0.2, -0.15) is 0 Å². The monoisotopic (exact) mass is 160 g/mol. The predicted molar refractivity (Wildman–Crippen MR) is 25.0 cm³/mol. The maximum atomic E-state index is 9.68. The first-order valence-electron chi connectivity index (χ1n) is 1.41. The molecule has 1 unspecified atom stereocenters. The molecule has 0 heterocycles. The Morgan fingerprint density at radius 1 is 1.50 bits per heavy atom. The lowest BCUT2D eigenvalue weighted by Crippen LogP contribution is -1.96. The Labute approximate surface area is 45.7 Å². The fourth-order valence-electron chi connectivity index (χ4n) is 0.111. The van der Waals surface area contributed by atoms with E-state index in [2.05, 4.69) is 0 Å². The summed E-state index contributed by atoms with van der Waals surface area (Å²) in [7, 11) is -7.46. The second-order valence-electron chi connectivity index (χ2n) is 0.917. The zero-order valence-corrected chi connectivity index (χ0v) is 5.34. The van der Waals surface area contributed by atoms with Gasteiger partial charge < -0.3 is 14.7 Å². The van der Waals surface area contributed by atoms with Crippen molar-refractivity contribution in [2.45, 2.75) is 0 Å². The minimum Gasteiger partial charge on any atom is -0.312 e. The van der Waals surface area contributed by atoms with Gasteiger partial charge in [-0.3, -0.25) is 0 Å². The Kier molecular flexibility index (Phi) is 2.70. The lowest BCUT2D eigenvalue weighted by Gasteiger charge is -1.97. The number of hydrogen-bond donors (Lipinski definition) is 4. The van der Waals surface area contributed by atoms with Gasteiger partial charge in [0, 0.05) is 0 Å². The summed E-state index contributed by atoms with van der Waals surface area (Å²) >= 11 is 0. The SMILES string of the molecule is O=[P](O)NP(=O)(O)O. The molecule has 0 rings (SSSR count). The Morgan fingerprint density at radius 3 is 1.88 bits per heavy atom. The van der Waals surface area contributed by atoms with Gasteiger partial charge in [0.2, 0.25) is 0 Å². The molecule has 0 aromatic heterocycles. The van der Waals surface area contributed by atoms with Crippen LogP contribution in [0.3, 0.4) is 0 Å². The van der Waals surface area contributed by atoms with Crippen LogP contribution in [-0.2, 0) is 9.13 Å². The smallest absolute Gasteiger partial charge is 0.312 e. The third-order valence-electron chi connectivity index (χ3n) is 0.216. The fourth-order valence-corrected chi connectivity index (χ4v) is 1.00. The van der Waals surface area contributed by atoms with Crippen LogP contribution in [-0.4, -0.2) is 14.7 Å². The van der Waals surface area contributed by atoms with Gasteiger partial charge in [0.05, 0.1) is 0 Å². The zero-order valence-electron chi connectivity index (χ0n) is 3.55. The average Bonchev–Trinajstić information content (AvgIpc) is 1.21. The summed E-state index contributed by atoms with van der Waals surface area (Å²) in [5.74, 6) is 0. The van der Waals surface area contributed by atoms with E-state index in [1.807, 2.05) is 0 Å². The number of nitrogens with one attached hydrogen (secondary N) is 1. The third kappa shape index (κ3) is 6.17. The highest BCUT2D eigenvalue weighted by Crippen LogP contribution is 2.34. The normalized spacial score (nSPS) is 13.6. The van der Waals surface area contributed by atoms with Gasteiger partial charge in [-0.15, -0.1) is 4.86 Å². The van der Waals surface area contributed by atoms with Crippen LogP contribution in [0.5, 0.6) is 0 Å². The van der Waals surface area contributed by atoms with E-state index in [-0.39, 0.29) is 0 Å². The Morgan fingerprint density at radius 2 is 1.88 bits per heavy atom. The maximum absolute atomic E-state index is 9.68. The van der Waals surface area contributed by atoms with Crippen LogP contribution in [0.15, 0.2) is 0 Å². The molecule has 1 atom stereocenters. The highest BCUT2D eigenvalue weighted by atomic mass is 31.2. The number of hydrogen-bond acceptors (Lipinski definition) is 2. The van der Waals surface area contributed by atoms with Gasteiger partial charge in [-0.1, -0.05) is 0 Å². The molecule has 4 N–H and O–H groups in total. The van der Waals surface area contributed by atoms with Crippen molar-refractivity contribution in [3.05, 3.63) is 0 Å². The van der Waals surface area contributed by atoms with Crippen LogP contribution in [0.25, 0.3) is 0 Å². The standard InChI is InChI=1S/H4NO5P2/c2-7(3)1-8(4,5)6/h(H4,1,2,3,4,5,6). The van der Waals surface area contributed by atoms with E-state index < -0.39 is 15.9 Å². The zero-order chi connectivity index (χ0) is 6.78. The Balaban J connectivity index is 3.74. The summed E-state index contributed by atoms with van der Waals surface area (Å²) in [5, 5.41) is 0. The first kappa shape index (κ1) is 8.17. The van der Waals surface area contributed by atoms with E-state index in [4.69, 9.17) is 14.7 Å².